The summed E-state index contributed by atoms with van der Waals surface area (Å²) >= 11 is 0. The van der Waals surface area contributed by atoms with Crippen LogP contribution in [0.4, 0.5) is 0 Å². The molecule has 0 amide bonds. The van der Waals surface area contributed by atoms with Crippen molar-refractivity contribution < 1.29 is 19.0 Å². The van der Waals surface area contributed by atoms with E-state index < -0.39 is 0 Å². The Kier molecular flexibility index (Phi) is 6.87. The molecule has 1 aliphatic heterocycles. The van der Waals surface area contributed by atoms with Gasteiger partial charge in [-0.15, -0.1) is 6.42 Å². The second-order valence-electron chi connectivity index (χ2n) is 3.54. The molecule has 6 heteroatoms. The summed E-state index contributed by atoms with van der Waals surface area (Å²) in [5, 5.41) is 1.87. The van der Waals surface area contributed by atoms with Crippen LogP contribution >= 0.6 is 0 Å². The molecule has 6 nitrogen and oxygen atoms in total. The third kappa shape index (κ3) is 5.19. The van der Waals surface area contributed by atoms with Crippen molar-refractivity contribution in [2.24, 2.45) is 0 Å². The fourth-order valence-electron chi connectivity index (χ4n) is 1.37. The summed E-state index contributed by atoms with van der Waals surface area (Å²) in [4.78, 5) is 11.2. The van der Waals surface area contributed by atoms with Gasteiger partial charge in [0.15, 0.2) is 0 Å². The van der Waals surface area contributed by atoms with Gasteiger partial charge >= 0.3 is 5.97 Å². The number of nitrogens with one attached hydrogen (secondary N) is 1. The minimum atomic E-state index is -0.360. The van der Waals surface area contributed by atoms with Crippen LogP contribution in [0.1, 0.15) is 0 Å². The summed E-state index contributed by atoms with van der Waals surface area (Å²) < 4.78 is 15.0. The van der Waals surface area contributed by atoms with Gasteiger partial charge < -0.3 is 19.6 Å². The topological polar surface area (TPSA) is 60.0 Å². The maximum atomic E-state index is 11.2. The van der Waals surface area contributed by atoms with Gasteiger partial charge in [-0.05, 0) is 6.08 Å². The molecule has 100 valence electrons. The van der Waals surface area contributed by atoms with Crippen LogP contribution in [0, 0.1) is 12.3 Å². The molecule has 0 saturated carbocycles. The van der Waals surface area contributed by atoms with Crippen molar-refractivity contribution in [1.82, 2.24) is 10.4 Å². The fraction of sp³-hybridized carbons (Fsp3) is 0.583. The van der Waals surface area contributed by atoms with E-state index in [9.17, 15) is 4.79 Å². The zero-order chi connectivity index (χ0) is 13.2. The molecule has 1 heterocycles. The minimum Gasteiger partial charge on any atom is -0.464 e. The predicted molar refractivity (Wildman–Crippen MR) is 65.3 cm³/mol. The van der Waals surface area contributed by atoms with E-state index in [1.54, 1.807) is 6.08 Å². The highest BCUT2D eigenvalue weighted by atomic mass is 16.5. The largest absolute Gasteiger partial charge is 0.464 e. The summed E-state index contributed by atoms with van der Waals surface area (Å²) in [5.41, 5.74) is 3.40. The summed E-state index contributed by atoms with van der Waals surface area (Å²) in [6.45, 7) is 3.18. The van der Waals surface area contributed by atoms with Crippen molar-refractivity contribution in [3.05, 3.63) is 11.8 Å². The molecule has 0 bridgehead atoms. The highest BCUT2D eigenvalue weighted by molar-refractivity contribution is 5.87. The Balaban J connectivity index is 1.99. The third-order valence-corrected chi connectivity index (χ3v) is 2.26. The molecule has 18 heavy (non-hydrogen) atoms. The molecule has 1 rings (SSSR count). The first-order valence-corrected chi connectivity index (χ1v) is 5.67. The summed E-state index contributed by atoms with van der Waals surface area (Å²) in [6.07, 6.45) is 6.81. The van der Waals surface area contributed by atoms with Crippen LogP contribution in [0.15, 0.2) is 11.8 Å². The Hall–Kier alpha value is -1.55. The number of rotatable bonds is 8. The molecule has 1 N–H and O–H groups in total. The number of methoxy groups -OCH3 is 1. The third-order valence-electron chi connectivity index (χ3n) is 2.26. The Morgan fingerprint density at radius 1 is 1.50 bits per heavy atom. The lowest BCUT2D eigenvalue weighted by molar-refractivity contribution is -0.136. The molecule has 0 radical (unpaired) electrons. The van der Waals surface area contributed by atoms with Crippen molar-refractivity contribution in [2.75, 3.05) is 46.6 Å². The fourth-order valence-corrected chi connectivity index (χ4v) is 1.37. The van der Waals surface area contributed by atoms with Crippen molar-refractivity contribution >= 4 is 5.97 Å². The van der Waals surface area contributed by atoms with Gasteiger partial charge in [-0.2, -0.15) is 0 Å². The second kappa shape index (κ2) is 8.53. The Bertz CT molecular complexity index is 335. The lowest BCUT2D eigenvalue weighted by atomic mass is 10.4. The number of hydrogen-bond acceptors (Lipinski definition) is 6. The van der Waals surface area contributed by atoms with E-state index in [2.05, 4.69) is 16.1 Å². The van der Waals surface area contributed by atoms with Crippen LogP contribution in [0.3, 0.4) is 0 Å². The number of carbonyl (C=O) groups excluding carboxylic acids is 1. The number of esters is 1. The van der Waals surface area contributed by atoms with Gasteiger partial charge in [0.2, 0.25) is 0 Å². The summed E-state index contributed by atoms with van der Waals surface area (Å²) in [6, 6.07) is 0. The smallest absolute Gasteiger partial charge is 0.355 e. The normalized spacial score (nSPS) is 14.8. The molecule has 1 aliphatic rings. The van der Waals surface area contributed by atoms with Gasteiger partial charge in [-0.25, -0.2) is 9.80 Å². The predicted octanol–water partition coefficient (Wildman–Crippen LogP) is -0.470. The van der Waals surface area contributed by atoms with Crippen LogP contribution in [-0.2, 0) is 19.0 Å². The maximum absolute atomic E-state index is 11.2. The average molecular weight is 254 g/mol. The minimum absolute atomic E-state index is 0.309. The Morgan fingerprint density at radius 3 is 3.00 bits per heavy atom. The van der Waals surface area contributed by atoms with Gasteiger partial charge in [-0.1, -0.05) is 5.92 Å². The summed E-state index contributed by atoms with van der Waals surface area (Å²) in [7, 11) is 1.35. The maximum Gasteiger partial charge on any atom is 0.355 e. The van der Waals surface area contributed by atoms with Crippen molar-refractivity contribution in [3.8, 4) is 12.3 Å². The number of ether oxygens (including phenoxy) is 3. The summed E-state index contributed by atoms with van der Waals surface area (Å²) in [5.74, 6) is 2.02. The van der Waals surface area contributed by atoms with Crippen LogP contribution in [0.5, 0.6) is 0 Å². The van der Waals surface area contributed by atoms with Crippen LogP contribution in [0.2, 0.25) is 0 Å². The van der Waals surface area contributed by atoms with Crippen LogP contribution in [0.25, 0.3) is 0 Å². The van der Waals surface area contributed by atoms with E-state index in [0.717, 1.165) is 0 Å². The van der Waals surface area contributed by atoms with Crippen molar-refractivity contribution in [3.63, 3.8) is 0 Å². The highest BCUT2D eigenvalue weighted by Gasteiger charge is 2.18. The van der Waals surface area contributed by atoms with Crippen LogP contribution in [-0.4, -0.2) is 57.6 Å². The van der Waals surface area contributed by atoms with E-state index in [1.165, 1.54) is 7.11 Å². The van der Waals surface area contributed by atoms with Crippen molar-refractivity contribution in [2.45, 2.75) is 0 Å². The monoisotopic (exact) mass is 254 g/mol. The zero-order valence-corrected chi connectivity index (χ0v) is 10.5. The van der Waals surface area contributed by atoms with Gasteiger partial charge in [0.25, 0.3) is 0 Å². The molecular formula is C12H18N2O4. The SMILES string of the molecule is C#CCOCCOCCN1CC=C(C(=O)OC)N1. The van der Waals surface area contributed by atoms with E-state index >= 15 is 0 Å². The van der Waals surface area contributed by atoms with E-state index in [1.807, 2.05) is 5.01 Å². The molecule has 0 aromatic rings. The molecular weight excluding hydrogens is 236 g/mol. The van der Waals surface area contributed by atoms with E-state index in [-0.39, 0.29) is 5.97 Å². The molecule has 0 unspecified atom stereocenters. The van der Waals surface area contributed by atoms with Crippen molar-refractivity contribution in [1.29, 1.82) is 0 Å². The van der Waals surface area contributed by atoms with Gasteiger partial charge in [-0.3, -0.25) is 0 Å². The first-order chi connectivity index (χ1) is 8.77. The number of carbonyl (C=O) groups is 1. The molecule has 0 fully saturated rings. The lowest BCUT2D eigenvalue weighted by Crippen LogP contribution is -2.36. The molecule has 0 aliphatic carbocycles. The first-order valence-electron chi connectivity index (χ1n) is 5.67. The number of terminal acetylenes is 1. The Morgan fingerprint density at radius 2 is 2.28 bits per heavy atom. The van der Waals surface area contributed by atoms with Gasteiger partial charge in [0.1, 0.15) is 12.3 Å². The van der Waals surface area contributed by atoms with Gasteiger partial charge in [0, 0.05) is 13.1 Å². The average Bonchev–Trinajstić information content (AvgIpc) is 2.85. The molecule has 0 saturated heterocycles. The molecule has 0 spiro atoms. The highest BCUT2D eigenvalue weighted by Crippen LogP contribution is 2.03. The van der Waals surface area contributed by atoms with Gasteiger partial charge in [0.05, 0.1) is 26.9 Å². The first kappa shape index (κ1) is 14.5. The number of hydrogen-bond donors (Lipinski definition) is 1. The quantitative estimate of drug-likeness (QED) is 0.359. The lowest BCUT2D eigenvalue weighted by Gasteiger charge is -2.17. The van der Waals surface area contributed by atoms with E-state index in [4.69, 9.17) is 15.9 Å². The molecule has 0 aromatic carbocycles. The van der Waals surface area contributed by atoms with Crippen LogP contribution < -0.4 is 5.43 Å². The molecule has 0 atom stereocenters. The zero-order valence-electron chi connectivity index (χ0n) is 10.5. The standard InChI is InChI=1S/C12H18N2O4/c1-3-7-17-9-10-18-8-6-14-5-4-11(13-14)12(15)16-2/h1,4,13H,5-10H2,2H3. The number of hydrazine groups is 1. The number of nitrogens with zero attached hydrogens (tertiary/aromatic N) is 1. The second-order valence-corrected chi connectivity index (χ2v) is 3.54. The molecule has 0 aromatic heterocycles. The van der Waals surface area contributed by atoms with E-state index in [0.29, 0.717) is 45.2 Å². The Labute approximate surface area is 107 Å².